The van der Waals surface area contributed by atoms with Gasteiger partial charge in [-0.15, -0.1) is 0 Å². The molecule has 0 saturated carbocycles. The van der Waals surface area contributed by atoms with Crippen LogP contribution >= 0.6 is 11.6 Å². The number of unbranched alkanes of at least 4 members (excludes halogenated alkanes) is 2. The number of halogens is 1. The SMILES string of the molecule is CCCCCN1Cc2c(OC)ccc(Cl)c2C1CN. The minimum Gasteiger partial charge on any atom is -0.496 e. The Morgan fingerprint density at radius 2 is 2.21 bits per heavy atom. The fraction of sp³-hybridized carbons (Fsp3) is 0.600. The van der Waals surface area contributed by atoms with Crippen LogP contribution in [0.3, 0.4) is 0 Å². The monoisotopic (exact) mass is 282 g/mol. The molecule has 0 fully saturated rings. The highest BCUT2D eigenvalue weighted by Gasteiger charge is 2.32. The van der Waals surface area contributed by atoms with Crippen molar-refractivity contribution in [2.24, 2.45) is 5.73 Å². The average Bonchev–Trinajstić information content (AvgIpc) is 2.79. The Kier molecular flexibility index (Phi) is 5.08. The predicted molar refractivity (Wildman–Crippen MR) is 79.7 cm³/mol. The van der Waals surface area contributed by atoms with Gasteiger partial charge in [-0.2, -0.15) is 0 Å². The molecule has 1 heterocycles. The summed E-state index contributed by atoms with van der Waals surface area (Å²) in [7, 11) is 1.71. The molecule has 3 nitrogen and oxygen atoms in total. The second-order valence-corrected chi connectivity index (χ2v) is 5.48. The van der Waals surface area contributed by atoms with Gasteiger partial charge in [0.15, 0.2) is 0 Å². The molecule has 0 saturated heterocycles. The summed E-state index contributed by atoms with van der Waals surface area (Å²) in [6.45, 7) is 4.79. The first-order valence-electron chi connectivity index (χ1n) is 7.02. The topological polar surface area (TPSA) is 38.5 Å². The maximum absolute atomic E-state index is 6.36. The Balaban J connectivity index is 2.24. The lowest BCUT2D eigenvalue weighted by atomic mass is 10.0. The number of nitrogens with two attached hydrogens (primary N) is 1. The van der Waals surface area contributed by atoms with Gasteiger partial charge in [-0.05, 0) is 30.7 Å². The quantitative estimate of drug-likeness (QED) is 0.813. The molecule has 0 bridgehead atoms. The maximum Gasteiger partial charge on any atom is 0.123 e. The molecule has 0 amide bonds. The number of rotatable bonds is 6. The first-order chi connectivity index (χ1) is 9.22. The summed E-state index contributed by atoms with van der Waals surface area (Å²) in [5.74, 6) is 0.927. The van der Waals surface area contributed by atoms with E-state index in [9.17, 15) is 0 Å². The summed E-state index contributed by atoms with van der Waals surface area (Å²) < 4.78 is 5.45. The average molecular weight is 283 g/mol. The van der Waals surface area contributed by atoms with E-state index >= 15 is 0 Å². The molecule has 0 radical (unpaired) electrons. The lowest BCUT2D eigenvalue weighted by molar-refractivity contribution is 0.214. The lowest BCUT2D eigenvalue weighted by Gasteiger charge is -2.23. The molecule has 2 N–H and O–H groups in total. The summed E-state index contributed by atoms with van der Waals surface area (Å²) in [5, 5.41) is 0.809. The fourth-order valence-corrected chi connectivity index (χ4v) is 3.20. The molecule has 1 atom stereocenters. The first kappa shape index (κ1) is 14.6. The molecule has 1 unspecified atom stereocenters. The van der Waals surface area contributed by atoms with Gasteiger partial charge < -0.3 is 10.5 Å². The second kappa shape index (κ2) is 6.60. The molecular weight excluding hydrogens is 260 g/mol. The lowest BCUT2D eigenvalue weighted by Crippen LogP contribution is -2.28. The highest BCUT2D eigenvalue weighted by atomic mass is 35.5. The van der Waals surface area contributed by atoms with E-state index < -0.39 is 0 Å². The van der Waals surface area contributed by atoms with Crippen molar-refractivity contribution in [3.8, 4) is 5.75 Å². The number of ether oxygens (including phenoxy) is 1. The van der Waals surface area contributed by atoms with Gasteiger partial charge in [-0.25, -0.2) is 0 Å². The number of hydrogen-bond acceptors (Lipinski definition) is 3. The molecule has 19 heavy (non-hydrogen) atoms. The predicted octanol–water partition coefficient (Wildman–Crippen LogP) is 3.35. The maximum atomic E-state index is 6.36. The van der Waals surface area contributed by atoms with Crippen molar-refractivity contribution in [1.29, 1.82) is 0 Å². The summed E-state index contributed by atoms with van der Waals surface area (Å²) in [6.07, 6.45) is 3.70. The Bertz CT molecular complexity index is 436. The van der Waals surface area contributed by atoms with Crippen molar-refractivity contribution in [3.63, 3.8) is 0 Å². The van der Waals surface area contributed by atoms with Crippen LogP contribution in [0.25, 0.3) is 0 Å². The molecular formula is C15H23ClN2O. The summed E-state index contributed by atoms with van der Waals surface area (Å²) >= 11 is 6.36. The van der Waals surface area contributed by atoms with Crippen LogP contribution in [0.4, 0.5) is 0 Å². The van der Waals surface area contributed by atoms with Gasteiger partial charge in [0.2, 0.25) is 0 Å². The molecule has 1 aromatic rings. The van der Waals surface area contributed by atoms with E-state index in [1.807, 2.05) is 12.1 Å². The van der Waals surface area contributed by atoms with Crippen molar-refractivity contribution in [2.45, 2.75) is 38.8 Å². The smallest absolute Gasteiger partial charge is 0.123 e. The highest BCUT2D eigenvalue weighted by Crippen LogP contribution is 2.42. The van der Waals surface area contributed by atoms with Crippen LogP contribution in [-0.4, -0.2) is 25.1 Å². The van der Waals surface area contributed by atoms with Crippen LogP contribution < -0.4 is 10.5 Å². The fourth-order valence-electron chi connectivity index (χ4n) is 2.89. The number of methoxy groups -OCH3 is 1. The van der Waals surface area contributed by atoms with Gasteiger partial charge in [0, 0.05) is 29.7 Å². The Labute approximate surface area is 120 Å². The largest absolute Gasteiger partial charge is 0.496 e. The zero-order chi connectivity index (χ0) is 13.8. The van der Waals surface area contributed by atoms with Gasteiger partial charge >= 0.3 is 0 Å². The Hall–Kier alpha value is -0.770. The van der Waals surface area contributed by atoms with Gasteiger partial charge in [-0.3, -0.25) is 4.90 Å². The summed E-state index contributed by atoms with van der Waals surface area (Å²) in [5.41, 5.74) is 8.34. The van der Waals surface area contributed by atoms with Gasteiger partial charge in [-0.1, -0.05) is 31.4 Å². The molecule has 106 valence electrons. The minimum absolute atomic E-state index is 0.231. The first-order valence-corrected chi connectivity index (χ1v) is 7.40. The van der Waals surface area contributed by atoms with E-state index in [0.29, 0.717) is 6.54 Å². The third kappa shape index (κ3) is 2.88. The summed E-state index contributed by atoms with van der Waals surface area (Å²) in [6, 6.07) is 4.09. The molecule has 0 aromatic heterocycles. The van der Waals surface area contributed by atoms with Gasteiger partial charge in [0.1, 0.15) is 5.75 Å². The molecule has 0 aliphatic carbocycles. The van der Waals surface area contributed by atoms with Crippen LogP contribution in [0, 0.1) is 0 Å². The van der Waals surface area contributed by atoms with Gasteiger partial charge in [0.05, 0.1) is 7.11 Å². The molecule has 4 heteroatoms. The van der Waals surface area contributed by atoms with E-state index in [0.717, 1.165) is 23.9 Å². The highest BCUT2D eigenvalue weighted by molar-refractivity contribution is 6.31. The third-order valence-corrected chi connectivity index (χ3v) is 4.22. The van der Waals surface area contributed by atoms with Crippen molar-refractivity contribution in [2.75, 3.05) is 20.2 Å². The van der Waals surface area contributed by atoms with Crippen LogP contribution in [0.5, 0.6) is 5.75 Å². The van der Waals surface area contributed by atoms with Crippen LogP contribution in [0.1, 0.15) is 43.4 Å². The minimum atomic E-state index is 0.231. The van der Waals surface area contributed by atoms with Crippen molar-refractivity contribution in [1.82, 2.24) is 4.90 Å². The second-order valence-electron chi connectivity index (χ2n) is 5.07. The molecule has 0 spiro atoms. The van der Waals surface area contributed by atoms with E-state index in [4.69, 9.17) is 22.1 Å². The van der Waals surface area contributed by atoms with Crippen LogP contribution in [-0.2, 0) is 6.54 Å². The van der Waals surface area contributed by atoms with E-state index in [1.165, 1.54) is 30.4 Å². The van der Waals surface area contributed by atoms with Crippen LogP contribution in [0.2, 0.25) is 5.02 Å². The number of benzene rings is 1. The zero-order valence-corrected chi connectivity index (χ0v) is 12.5. The number of hydrogen-bond donors (Lipinski definition) is 1. The molecule has 1 aromatic carbocycles. The van der Waals surface area contributed by atoms with Crippen molar-refractivity contribution >= 4 is 11.6 Å². The van der Waals surface area contributed by atoms with Crippen molar-refractivity contribution in [3.05, 3.63) is 28.3 Å². The van der Waals surface area contributed by atoms with E-state index in [-0.39, 0.29) is 6.04 Å². The Morgan fingerprint density at radius 1 is 1.42 bits per heavy atom. The third-order valence-electron chi connectivity index (χ3n) is 3.89. The number of nitrogens with zero attached hydrogens (tertiary/aromatic N) is 1. The van der Waals surface area contributed by atoms with E-state index in [1.54, 1.807) is 7.11 Å². The normalized spacial score (nSPS) is 18.6. The molecule has 1 aliphatic heterocycles. The molecule has 2 rings (SSSR count). The standard InChI is InChI=1S/C15H23ClN2O/c1-3-4-5-8-18-10-11-14(19-2)7-6-12(16)15(11)13(18)9-17/h6-7,13H,3-5,8-10,17H2,1-2H3. The van der Waals surface area contributed by atoms with E-state index in [2.05, 4.69) is 11.8 Å². The Morgan fingerprint density at radius 3 is 2.84 bits per heavy atom. The van der Waals surface area contributed by atoms with Crippen LogP contribution in [0.15, 0.2) is 12.1 Å². The zero-order valence-electron chi connectivity index (χ0n) is 11.8. The summed E-state index contributed by atoms with van der Waals surface area (Å²) in [4.78, 5) is 2.43. The number of fused-ring (bicyclic) bond motifs is 1. The molecule has 1 aliphatic rings. The van der Waals surface area contributed by atoms with Crippen molar-refractivity contribution < 1.29 is 4.74 Å². The van der Waals surface area contributed by atoms with Gasteiger partial charge in [0.25, 0.3) is 0 Å².